The highest BCUT2D eigenvalue weighted by Gasteiger charge is 2.08. The van der Waals surface area contributed by atoms with Gasteiger partial charge in [0, 0.05) is 0 Å². The summed E-state index contributed by atoms with van der Waals surface area (Å²) in [6.07, 6.45) is -0.0824. The van der Waals surface area contributed by atoms with Gasteiger partial charge in [0.2, 0.25) is 0 Å². The lowest BCUT2D eigenvalue weighted by molar-refractivity contribution is 0.175. The van der Waals surface area contributed by atoms with Gasteiger partial charge >= 0.3 is 0 Å². The van der Waals surface area contributed by atoms with Crippen LogP contribution in [0.2, 0.25) is 5.02 Å². The van der Waals surface area contributed by atoms with Crippen molar-refractivity contribution in [1.29, 1.82) is 0 Å². The normalized spacial score (nSPS) is 12.9. The Kier molecular flexibility index (Phi) is 4.03. The zero-order chi connectivity index (χ0) is 9.84. The van der Waals surface area contributed by atoms with Crippen LogP contribution >= 0.6 is 24.2 Å². The molecule has 0 aliphatic heterocycles. The summed E-state index contributed by atoms with van der Waals surface area (Å²) < 4.78 is 12.7. The number of aliphatic hydroxyl groups excluding tert-OH is 1. The third-order valence-electron chi connectivity index (χ3n) is 1.73. The van der Waals surface area contributed by atoms with Crippen LogP contribution in [0.5, 0.6) is 0 Å². The molecule has 1 atom stereocenters. The third kappa shape index (κ3) is 2.86. The molecule has 0 spiro atoms. The van der Waals surface area contributed by atoms with Crippen molar-refractivity contribution in [3.63, 3.8) is 0 Å². The van der Waals surface area contributed by atoms with Crippen LogP contribution in [0.3, 0.4) is 0 Å². The zero-order valence-corrected chi connectivity index (χ0v) is 8.52. The minimum Gasteiger partial charge on any atom is -0.388 e. The lowest BCUT2D eigenvalue weighted by Crippen LogP contribution is -1.98. The Bertz CT molecular complexity index is 293. The summed E-state index contributed by atoms with van der Waals surface area (Å²) in [6.45, 7) is 0. The van der Waals surface area contributed by atoms with Crippen molar-refractivity contribution in [3.05, 3.63) is 34.6 Å². The molecule has 0 aromatic heterocycles. The molecule has 1 N–H and O–H groups in total. The quantitative estimate of drug-likeness (QED) is 0.751. The predicted octanol–water partition coefficient (Wildman–Crippen LogP) is 2.83. The Morgan fingerprint density at radius 3 is 2.77 bits per heavy atom. The molecule has 0 saturated carbocycles. The Hall–Kier alpha value is -0.250. The van der Waals surface area contributed by atoms with E-state index in [9.17, 15) is 9.50 Å². The summed E-state index contributed by atoms with van der Waals surface area (Å²) in [4.78, 5) is 0. The minimum atomic E-state index is -0.615. The minimum absolute atomic E-state index is 0.0377. The second-order valence-electron chi connectivity index (χ2n) is 2.70. The predicted molar refractivity (Wildman–Crippen MR) is 54.8 cm³/mol. The third-order valence-corrected chi connectivity index (χ3v) is 2.28. The van der Waals surface area contributed by atoms with Crippen LogP contribution in [0.1, 0.15) is 18.1 Å². The van der Waals surface area contributed by atoms with Gasteiger partial charge in [0.25, 0.3) is 0 Å². The van der Waals surface area contributed by atoms with Crippen molar-refractivity contribution in [2.75, 3.05) is 5.75 Å². The van der Waals surface area contributed by atoms with E-state index in [1.165, 1.54) is 18.2 Å². The largest absolute Gasteiger partial charge is 0.388 e. The van der Waals surface area contributed by atoms with Gasteiger partial charge in [0.05, 0.1) is 11.1 Å². The van der Waals surface area contributed by atoms with Crippen LogP contribution in [0.25, 0.3) is 0 Å². The van der Waals surface area contributed by atoms with Gasteiger partial charge in [-0.15, -0.1) is 0 Å². The molecule has 0 radical (unpaired) electrons. The van der Waals surface area contributed by atoms with Gasteiger partial charge in [0.15, 0.2) is 0 Å². The topological polar surface area (TPSA) is 20.2 Å². The molecule has 13 heavy (non-hydrogen) atoms. The molecule has 0 bridgehead atoms. The smallest absolute Gasteiger partial charge is 0.141 e. The highest BCUT2D eigenvalue weighted by Crippen LogP contribution is 2.22. The van der Waals surface area contributed by atoms with Gasteiger partial charge in [-0.3, -0.25) is 0 Å². The van der Waals surface area contributed by atoms with Crippen molar-refractivity contribution in [1.82, 2.24) is 0 Å². The first-order chi connectivity index (χ1) is 6.15. The van der Waals surface area contributed by atoms with Gasteiger partial charge in [-0.05, 0) is 29.9 Å². The number of benzene rings is 1. The molecular formula is C9H10ClFOS. The molecule has 1 unspecified atom stereocenters. The highest BCUT2D eigenvalue weighted by atomic mass is 35.5. The molecule has 0 fully saturated rings. The van der Waals surface area contributed by atoms with Crippen LogP contribution in [0.4, 0.5) is 4.39 Å². The second kappa shape index (κ2) is 4.84. The number of hydrogen-bond acceptors (Lipinski definition) is 2. The fourth-order valence-corrected chi connectivity index (χ4v) is 1.44. The summed E-state index contributed by atoms with van der Waals surface area (Å²) in [7, 11) is 0. The lowest BCUT2D eigenvalue weighted by atomic mass is 10.1. The Morgan fingerprint density at radius 1 is 1.54 bits per heavy atom. The fraction of sp³-hybridized carbons (Fsp3) is 0.333. The van der Waals surface area contributed by atoms with Gasteiger partial charge < -0.3 is 5.11 Å². The molecule has 0 heterocycles. The van der Waals surface area contributed by atoms with Gasteiger partial charge in [-0.1, -0.05) is 17.7 Å². The summed E-state index contributed by atoms with van der Waals surface area (Å²) in [5, 5.41) is 9.54. The Labute approximate surface area is 86.9 Å². The molecule has 1 nitrogen and oxygen atoms in total. The average Bonchev–Trinajstić information content (AvgIpc) is 2.10. The Balaban J connectivity index is 2.84. The zero-order valence-electron chi connectivity index (χ0n) is 6.87. The number of aliphatic hydroxyl groups is 1. The summed E-state index contributed by atoms with van der Waals surface area (Å²) in [6, 6.07) is 4.21. The van der Waals surface area contributed by atoms with Crippen molar-refractivity contribution in [2.24, 2.45) is 0 Å². The molecule has 1 aromatic rings. The van der Waals surface area contributed by atoms with Crippen molar-refractivity contribution in [3.8, 4) is 0 Å². The Morgan fingerprint density at radius 2 is 2.23 bits per heavy atom. The number of thiol groups is 1. The molecule has 1 rings (SSSR count). The molecule has 0 amide bonds. The van der Waals surface area contributed by atoms with Crippen LogP contribution < -0.4 is 0 Å². The van der Waals surface area contributed by atoms with E-state index < -0.39 is 11.9 Å². The highest BCUT2D eigenvalue weighted by molar-refractivity contribution is 7.80. The summed E-state index contributed by atoms with van der Waals surface area (Å²) in [5.74, 6) is 0.111. The average molecular weight is 221 g/mol. The van der Waals surface area contributed by atoms with E-state index in [0.717, 1.165) is 0 Å². The molecule has 1 aromatic carbocycles. The van der Waals surface area contributed by atoms with Crippen LogP contribution in [-0.2, 0) is 0 Å². The maximum absolute atomic E-state index is 12.7. The van der Waals surface area contributed by atoms with E-state index in [2.05, 4.69) is 12.6 Å². The van der Waals surface area contributed by atoms with E-state index in [0.29, 0.717) is 17.7 Å². The fourth-order valence-electron chi connectivity index (χ4n) is 1.01. The number of rotatable bonds is 3. The summed E-state index contributed by atoms with van der Waals surface area (Å²) in [5.41, 5.74) is 0.625. The van der Waals surface area contributed by atoms with Crippen molar-refractivity contribution in [2.45, 2.75) is 12.5 Å². The van der Waals surface area contributed by atoms with E-state index in [4.69, 9.17) is 11.6 Å². The number of hydrogen-bond donors (Lipinski definition) is 2. The maximum atomic E-state index is 12.7. The van der Waals surface area contributed by atoms with E-state index in [-0.39, 0.29) is 5.02 Å². The molecule has 4 heteroatoms. The standard InChI is InChI=1S/C9H10ClFOS/c10-7-5-6(1-2-8(7)11)9(12)3-4-13/h1-2,5,9,12-13H,3-4H2. The number of halogens is 2. The van der Waals surface area contributed by atoms with E-state index >= 15 is 0 Å². The van der Waals surface area contributed by atoms with Crippen molar-refractivity contribution < 1.29 is 9.50 Å². The molecule has 0 saturated heterocycles. The summed E-state index contributed by atoms with van der Waals surface area (Å²) >= 11 is 9.54. The first kappa shape index (κ1) is 10.8. The van der Waals surface area contributed by atoms with E-state index in [1.807, 2.05) is 0 Å². The van der Waals surface area contributed by atoms with Crippen LogP contribution in [-0.4, -0.2) is 10.9 Å². The second-order valence-corrected chi connectivity index (χ2v) is 3.56. The monoisotopic (exact) mass is 220 g/mol. The van der Waals surface area contributed by atoms with Gasteiger partial charge in [-0.25, -0.2) is 4.39 Å². The van der Waals surface area contributed by atoms with Gasteiger partial charge in [0.1, 0.15) is 5.82 Å². The van der Waals surface area contributed by atoms with Gasteiger partial charge in [-0.2, -0.15) is 12.6 Å². The first-order valence-electron chi connectivity index (χ1n) is 3.89. The lowest BCUT2D eigenvalue weighted by Gasteiger charge is -2.09. The SMILES string of the molecule is OC(CCS)c1ccc(F)c(Cl)c1. The molecular weight excluding hydrogens is 211 g/mol. The van der Waals surface area contributed by atoms with Crippen LogP contribution in [0.15, 0.2) is 18.2 Å². The molecule has 0 aliphatic rings. The maximum Gasteiger partial charge on any atom is 0.141 e. The van der Waals surface area contributed by atoms with Crippen molar-refractivity contribution >= 4 is 24.2 Å². The van der Waals surface area contributed by atoms with Crippen LogP contribution in [0, 0.1) is 5.82 Å². The van der Waals surface area contributed by atoms with E-state index in [1.54, 1.807) is 0 Å². The molecule has 0 aliphatic carbocycles. The first-order valence-corrected chi connectivity index (χ1v) is 4.90. The molecule has 72 valence electrons.